The summed E-state index contributed by atoms with van der Waals surface area (Å²) in [4.78, 5) is 19.9. The third-order valence-corrected chi connectivity index (χ3v) is 4.12. The normalized spacial score (nSPS) is 21.7. The van der Waals surface area contributed by atoms with E-state index in [1.54, 1.807) is 6.20 Å². The molecule has 0 bridgehead atoms. The fourth-order valence-corrected chi connectivity index (χ4v) is 2.83. The van der Waals surface area contributed by atoms with E-state index >= 15 is 0 Å². The van der Waals surface area contributed by atoms with Gasteiger partial charge in [-0.05, 0) is 17.7 Å². The molecule has 2 unspecified atom stereocenters. The van der Waals surface area contributed by atoms with Crippen LogP contribution in [0.15, 0.2) is 34.9 Å². The summed E-state index contributed by atoms with van der Waals surface area (Å²) in [6, 6.07) is 7.32. The summed E-state index contributed by atoms with van der Waals surface area (Å²) in [5.41, 5.74) is 1.79. The van der Waals surface area contributed by atoms with Crippen molar-refractivity contribution in [3.05, 3.63) is 40.8 Å². The molecule has 2 atom stereocenters. The van der Waals surface area contributed by atoms with E-state index < -0.39 is 18.2 Å². The number of hydrogen-bond donors (Lipinski definition) is 3. The predicted molar refractivity (Wildman–Crippen MR) is 79.8 cm³/mol. The summed E-state index contributed by atoms with van der Waals surface area (Å²) in [5.74, 6) is 0.562. The Morgan fingerprint density at radius 3 is 2.76 bits per heavy atom. The maximum Gasteiger partial charge on any atom is 0.408 e. The maximum atomic E-state index is 11.2. The summed E-state index contributed by atoms with van der Waals surface area (Å²) < 4.78 is 0.988. The number of H-pyrrole nitrogens is 1. The molecule has 6 nitrogen and oxygen atoms in total. The Hall–Kier alpha value is -1.86. The zero-order valence-corrected chi connectivity index (χ0v) is 12.6. The number of nitrogens with one attached hydrogen (secondary N) is 1. The van der Waals surface area contributed by atoms with Gasteiger partial charge in [0.15, 0.2) is 0 Å². The molecule has 1 fully saturated rings. The standard InChI is InChI=1S/C14H14BrN3O3/c15-9-3-1-8(2-4-9)11-6-16-13(17-11)12-5-10(19)7-18(12)14(20)21/h1-4,6,10,12,19H,5,7H2,(H,16,17)(H,20,21). The van der Waals surface area contributed by atoms with Gasteiger partial charge in [-0.3, -0.25) is 4.90 Å². The largest absolute Gasteiger partial charge is 0.465 e. The fourth-order valence-electron chi connectivity index (χ4n) is 2.57. The molecule has 1 aliphatic heterocycles. The van der Waals surface area contributed by atoms with Crippen LogP contribution in [0, 0.1) is 0 Å². The van der Waals surface area contributed by atoms with Gasteiger partial charge in [-0.25, -0.2) is 9.78 Å². The summed E-state index contributed by atoms with van der Waals surface area (Å²) >= 11 is 3.38. The van der Waals surface area contributed by atoms with E-state index in [1.807, 2.05) is 24.3 Å². The van der Waals surface area contributed by atoms with E-state index in [9.17, 15) is 15.0 Å². The van der Waals surface area contributed by atoms with E-state index in [1.165, 1.54) is 4.90 Å². The van der Waals surface area contributed by atoms with Gasteiger partial charge < -0.3 is 15.2 Å². The molecule has 1 saturated heterocycles. The second-order valence-corrected chi connectivity index (χ2v) is 5.94. The highest BCUT2D eigenvalue weighted by atomic mass is 79.9. The molecule has 0 aliphatic carbocycles. The number of nitrogens with zero attached hydrogens (tertiary/aromatic N) is 2. The molecular formula is C14H14BrN3O3. The number of likely N-dealkylation sites (tertiary alicyclic amines) is 1. The topological polar surface area (TPSA) is 89.4 Å². The van der Waals surface area contributed by atoms with Crippen molar-refractivity contribution in [3.63, 3.8) is 0 Å². The minimum Gasteiger partial charge on any atom is -0.465 e. The van der Waals surface area contributed by atoms with Crippen LogP contribution in [0.4, 0.5) is 4.79 Å². The Bertz CT molecular complexity index is 656. The lowest BCUT2D eigenvalue weighted by atomic mass is 10.2. The molecule has 1 amide bonds. The van der Waals surface area contributed by atoms with Crippen LogP contribution >= 0.6 is 15.9 Å². The third-order valence-electron chi connectivity index (χ3n) is 3.59. The summed E-state index contributed by atoms with van der Waals surface area (Å²) in [5, 5.41) is 18.9. The van der Waals surface area contributed by atoms with Crippen LogP contribution in [-0.2, 0) is 0 Å². The average molecular weight is 352 g/mol. The van der Waals surface area contributed by atoms with Crippen LogP contribution in [0.3, 0.4) is 0 Å². The summed E-state index contributed by atoms with van der Waals surface area (Å²) in [6.07, 6.45) is 0.355. The molecule has 3 rings (SSSR count). The number of aliphatic hydroxyl groups excluding tert-OH is 1. The van der Waals surface area contributed by atoms with Gasteiger partial charge in [0.25, 0.3) is 0 Å². The number of aromatic nitrogens is 2. The van der Waals surface area contributed by atoms with E-state index in [4.69, 9.17) is 0 Å². The van der Waals surface area contributed by atoms with Crippen molar-refractivity contribution >= 4 is 22.0 Å². The minimum absolute atomic E-state index is 0.119. The third kappa shape index (κ3) is 2.79. The molecule has 1 aliphatic rings. The van der Waals surface area contributed by atoms with Crippen LogP contribution in [-0.4, -0.2) is 43.8 Å². The van der Waals surface area contributed by atoms with E-state index in [2.05, 4.69) is 25.9 Å². The van der Waals surface area contributed by atoms with Crippen molar-refractivity contribution in [3.8, 4) is 11.3 Å². The number of halogens is 1. The first-order chi connectivity index (χ1) is 10.0. The molecular weight excluding hydrogens is 338 g/mol. The highest BCUT2D eigenvalue weighted by Gasteiger charge is 2.37. The predicted octanol–water partition coefficient (Wildman–Crippen LogP) is 2.62. The molecule has 110 valence electrons. The summed E-state index contributed by atoms with van der Waals surface area (Å²) in [6.45, 7) is 0.119. The van der Waals surface area contributed by atoms with E-state index in [0.29, 0.717) is 12.2 Å². The Labute approximate surface area is 129 Å². The SMILES string of the molecule is O=C(O)N1CC(O)CC1c1ncc(-c2ccc(Br)cc2)[nH]1. The average Bonchev–Trinajstić information content (AvgIpc) is 3.06. The molecule has 21 heavy (non-hydrogen) atoms. The first kappa shape index (κ1) is 14.1. The number of carbonyl (C=O) groups is 1. The van der Waals surface area contributed by atoms with Gasteiger partial charge in [-0.2, -0.15) is 0 Å². The second kappa shape index (κ2) is 5.50. The zero-order valence-electron chi connectivity index (χ0n) is 11.0. The Morgan fingerprint density at radius 2 is 2.10 bits per heavy atom. The van der Waals surface area contributed by atoms with Crippen LogP contribution < -0.4 is 0 Å². The quantitative estimate of drug-likeness (QED) is 0.775. The molecule has 3 N–H and O–H groups in total. The van der Waals surface area contributed by atoms with Crippen molar-refractivity contribution in [1.82, 2.24) is 14.9 Å². The molecule has 2 aromatic rings. The molecule has 0 saturated carbocycles. The van der Waals surface area contributed by atoms with Crippen LogP contribution in [0.1, 0.15) is 18.3 Å². The first-order valence-corrected chi connectivity index (χ1v) is 7.32. The van der Waals surface area contributed by atoms with Gasteiger partial charge >= 0.3 is 6.09 Å². The number of aliphatic hydroxyl groups is 1. The van der Waals surface area contributed by atoms with Crippen LogP contribution in [0.5, 0.6) is 0 Å². The van der Waals surface area contributed by atoms with E-state index in [0.717, 1.165) is 15.7 Å². The number of hydrogen-bond acceptors (Lipinski definition) is 3. The Morgan fingerprint density at radius 1 is 1.38 bits per heavy atom. The minimum atomic E-state index is -1.04. The van der Waals surface area contributed by atoms with Gasteiger partial charge in [0.05, 0.1) is 30.6 Å². The molecule has 0 radical (unpaired) electrons. The Balaban J connectivity index is 1.87. The molecule has 7 heteroatoms. The number of amides is 1. The number of β-amino-alcohol motifs (C(OH)–C–C–N with tert-alkyl or cyclic N) is 1. The van der Waals surface area contributed by atoms with Crippen LogP contribution in [0.25, 0.3) is 11.3 Å². The molecule has 0 spiro atoms. The Kier molecular flexibility index (Phi) is 3.69. The summed E-state index contributed by atoms with van der Waals surface area (Å²) in [7, 11) is 0. The lowest BCUT2D eigenvalue weighted by Gasteiger charge is -2.18. The number of carboxylic acid groups (broad SMARTS) is 1. The maximum absolute atomic E-state index is 11.2. The lowest BCUT2D eigenvalue weighted by molar-refractivity contribution is 0.130. The van der Waals surface area contributed by atoms with Crippen molar-refractivity contribution in [2.24, 2.45) is 0 Å². The number of aromatic amines is 1. The fraction of sp³-hybridized carbons (Fsp3) is 0.286. The van der Waals surface area contributed by atoms with Gasteiger partial charge in [0.1, 0.15) is 5.82 Å². The number of benzene rings is 1. The number of imidazole rings is 1. The van der Waals surface area contributed by atoms with Gasteiger partial charge in [-0.15, -0.1) is 0 Å². The smallest absolute Gasteiger partial charge is 0.408 e. The van der Waals surface area contributed by atoms with Crippen LogP contribution in [0.2, 0.25) is 0 Å². The first-order valence-electron chi connectivity index (χ1n) is 6.53. The monoisotopic (exact) mass is 351 g/mol. The van der Waals surface area contributed by atoms with Gasteiger partial charge in [-0.1, -0.05) is 28.1 Å². The number of rotatable bonds is 2. The highest BCUT2D eigenvalue weighted by molar-refractivity contribution is 9.10. The zero-order chi connectivity index (χ0) is 15.0. The molecule has 2 heterocycles. The lowest BCUT2D eigenvalue weighted by Crippen LogP contribution is -2.30. The second-order valence-electron chi connectivity index (χ2n) is 5.03. The van der Waals surface area contributed by atoms with Gasteiger partial charge in [0, 0.05) is 10.9 Å². The van der Waals surface area contributed by atoms with Crippen molar-refractivity contribution in [2.45, 2.75) is 18.6 Å². The molecule has 1 aromatic carbocycles. The molecule has 1 aromatic heterocycles. The van der Waals surface area contributed by atoms with Crippen molar-refractivity contribution < 1.29 is 15.0 Å². The highest BCUT2D eigenvalue weighted by Crippen LogP contribution is 2.31. The van der Waals surface area contributed by atoms with E-state index in [-0.39, 0.29) is 6.54 Å². The van der Waals surface area contributed by atoms with Gasteiger partial charge in [0.2, 0.25) is 0 Å². The van der Waals surface area contributed by atoms with Crippen molar-refractivity contribution in [1.29, 1.82) is 0 Å². The van der Waals surface area contributed by atoms with Crippen molar-refractivity contribution in [2.75, 3.05) is 6.54 Å².